The van der Waals surface area contributed by atoms with Crippen molar-refractivity contribution in [1.82, 2.24) is 0 Å². The maximum atomic E-state index is 12.7. The highest BCUT2D eigenvalue weighted by atomic mass is 32.2. The predicted octanol–water partition coefficient (Wildman–Crippen LogP) is 3.28. The minimum absolute atomic E-state index is 0.0448. The highest BCUT2D eigenvalue weighted by molar-refractivity contribution is 7.99. The van der Waals surface area contributed by atoms with E-state index >= 15 is 0 Å². The molecule has 0 atom stereocenters. The molecule has 0 heterocycles. The largest absolute Gasteiger partial charge is 0.493 e. The van der Waals surface area contributed by atoms with E-state index < -0.39 is 0 Å². The van der Waals surface area contributed by atoms with E-state index in [1.54, 1.807) is 48.2 Å². The summed E-state index contributed by atoms with van der Waals surface area (Å²) in [6.45, 7) is 0.557. The van der Waals surface area contributed by atoms with Gasteiger partial charge in [-0.15, -0.1) is 11.8 Å². The normalized spacial score (nSPS) is 10.2. The molecule has 2 aromatic rings. The van der Waals surface area contributed by atoms with Gasteiger partial charge in [0.15, 0.2) is 0 Å². The zero-order chi connectivity index (χ0) is 14.4. The lowest BCUT2D eigenvalue weighted by Crippen LogP contribution is -2.10. The molecule has 0 saturated carbocycles. The number of nitrogen functional groups attached to an aromatic ring is 1. The lowest BCUT2D eigenvalue weighted by atomic mass is 10.2. The van der Waals surface area contributed by atoms with Crippen LogP contribution in [0.5, 0.6) is 5.75 Å². The maximum absolute atomic E-state index is 12.7. The fraction of sp³-hybridized carbons (Fsp3) is 0.133. The maximum Gasteiger partial charge on any atom is 0.123 e. The number of nitrogens with one attached hydrogen (secondary N) is 1. The lowest BCUT2D eigenvalue weighted by molar-refractivity contribution is 0.344. The first-order valence-electron chi connectivity index (χ1n) is 6.11. The van der Waals surface area contributed by atoms with Gasteiger partial charge in [0.2, 0.25) is 0 Å². The first-order valence-corrected chi connectivity index (χ1v) is 7.09. The molecular weight excluding hydrogens is 275 g/mol. The van der Waals surface area contributed by atoms with Crippen molar-refractivity contribution in [3.8, 4) is 5.75 Å². The Morgan fingerprint density at radius 1 is 1.10 bits per heavy atom. The van der Waals surface area contributed by atoms with Gasteiger partial charge in [-0.05, 0) is 48.5 Å². The monoisotopic (exact) mass is 290 g/mol. The molecule has 0 aliphatic carbocycles. The third-order valence-corrected chi connectivity index (χ3v) is 3.58. The second-order valence-corrected chi connectivity index (χ2v) is 5.26. The van der Waals surface area contributed by atoms with Crippen molar-refractivity contribution in [2.45, 2.75) is 4.90 Å². The number of rotatable bonds is 6. The fourth-order valence-electron chi connectivity index (χ4n) is 1.58. The minimum Gasteiger partial charge on any atom is -0.493 e. The van der Waals surface area contributed by atoms with Crippen molar-refractivity contribution in [3.63, 3.8) is 0 Å². The average Bonchev–Trinajstić information content (AvgIpc) is 2.46. The minimum atomic E-state index is -0.226. The van der Waals surface area contributed by atoms with Crippen LogP contribution in [0.4, 0.5) is 4.39 Å². The van der Waals surface area contributed by atoms with Gasteiger partial charge >= 0.3 is 0 Å². The zero-order valence-electron chi connectivity index (χ0n) is 10.8. The summed E-state index contributed by atoms with van der Waals surface area (Å²) in [5.74, 6) is 1.34. The number of nitrogens with two attached hydrogens (primary N) is 1. The van der Waals surface area contributed by atoms with E-state index in [4.69, 9.17) is 15.9 Å². The van der Waals surface area contributed by atoms with Crippen LogP contribution < -0.4 is 10.5 Å². The van der Waals surface area contributed by atoms with Crippen LogP contribution in [0.15, 0.2) is 53.4 Å². The number of benzene rings is 2. The van der Waals surface area contributed by atoms with Gasteiger partial charge in [0.25, 0.3) is 0 Å². The summed E-state index contributed by atoms with van der Waals surface area (Å²) >= 11 is 1.61. The van der Waals surface area contributed by atoms with E-state index in [2.05, 4.69) is 0 Å². The van der Waals surface area contributed by atoms with Crippen molar-refractivity contribution in [3.05, 3.63) is 59.9 Å². The Morgan fingerprint density at radius 3 is 2.35 bits per heavy atom. The summed E-state index contributed by atoms with van der Waals surface area (Å²) in [6, 6.07) is 13.5. The molecule has 0 saturated heterocycles. The summed E-state index contributed by atoms with van der Waals surface area (Å²) in [7, 11) is 0. The van der Waals surface area contributed by atoms with Gasteiger partial charge in [0.1, 0.15) is 17.4 Å². The Balaban J connectivity index is 1.75. The van der Waals surface area contributed by atoms with E-state index in [1.807, 2.05) is 0 Å². The number of halogens is 1. The molecule has 3 N–H and O–H groups in total. The molecule has 0 radical (unpaired) electrons. The molecule has 0 aliphatic rings. The summed E-state index contributed by atoms with van der Waals surface area (Å²) in [6.07, 6.45) is 0. The van der Waals surface area contributed by atoms with Crippen LogP contribution in [0, 0.1) is 11.2 Å². The van der Waals surface area contributed by atoms with Crippen LogP contribution >= 0.6 is 11.8 Å². The van der Waals surface area contributed by atoms with Crippen LogP contribution in [0.1, 0.15) is 5.56 Å². The van der Waals surface area contributed by atoms with E-state index in [0.717, 1.165) is 16.4 Å². The van der Waals surface area contributed by atoms with Gasteiger partial charge in [-0.25, -0.2) is 4.39 Å². The third kappa shape index (κ3) is 4.28. The van der Waals surface area contributed by atoms with Gasteiger partial charge in [0, 0.05) is 16.2 Å². The smallest absolute Gasteiger partial charge is 0.123 e. The number of ether oxygens (including phenoxy) is 1. The molecule has 2 aromatic carbocycles. The Morgan fingerprint density at radius 2 is 1.75 bits per heavy atom. The molecule has 5 heteroatoms. The van der Waals surface area contributed by atoms with E-state index in [1.165, 1.54) is 12.1 Å². The summed E-state index contributed by atoms with van der Waals surface area (Å²) < 4.78 is 18.3. The Kier molecular flexibility index (Phi) is 5.01. The first kappa shape index (κ1) is 14.4. The molecule has 0 fully saturated rings. The number of amidine groups is 1. The van der Waals surface area contributed by atoms with Crippen molar-refractivity contribution >= 4 is 17.6 Å². The topological polar surface area (TPSA) is 59.1 Å². The molecular formula is C15H15FN2OS. The average molecular weight is 290 g/mol. The highest BCUT2D eigenvalue weighted by Crippen LogP contribution is 2.18. The zero-order valence-corrected chi connectivity index (χ0v) is 11.6. The van der Waals surface area contributed by atoms with Crippen LogP contribution in [0.3, 0.4) is 0 Å². The van der Waals surface area contributed by atoms with Gasteiger partial charge in [0.05, 0.1) is 6.61 Å². The SMILES string of the molecule is N=C(N)c1ccc(OCCSc2ccc(F)cc2)cc1. The van der Waals surface area contributed by atoms with Crippen molar-refractivity contribution in [2.75, 3.05) is 12.4 Å². The molecule has 104 valence electrons. The molecule has 0 bridgehead atoms. The van der Waals surface area contributed by atoms with Gasteiger partial charge in [-0.1, -0.05) is 0 Å². The number of hydrogen-bond acceptors (Lipinski definition) is 3. The second kappa shape index (κ2) is 6.96. The molecule has 20 heavy (non-hydrogen) atoms. The molecule has 0 unspecified atom stereocenters. The van der Waals surface area contributed by atoms with Crippen LogP contribution in [0.2, 0.25) is 0 Å². The van der Waals surface area contributed by atoms with Crippen LogP contribution in [0.25, 0.3) is 0 Å². The Bertz CT molecular complexity index is 569. The summed E-state index contributed by atoms with van der Waals surface area (Å²) in [5, 5.41) is 7.29. The van der Waals surface area contributed by atoms with Crippen molar-refractivity contribution < 1.29 is 9.13 Å². The van der Waals surface area contributed by atoms with Crippen LogP contribution in [-0.4, -0.2) is 18.2 Å². The second-order valence-electron chi connectivity index (χ2n) is 4.09. The quantitative estimate of drug-likeness (QED) is 0.371. The van der Waals surface area contributed by atoms with E-state index in [0.29, 0.717) is 12.2 Å². The number of hydrogen-bond donors (Lipinski definition) is 2. The van der Waals surface area contributed by atoms with Crippen molar-refractivity contribution in [1.29, 1.82) is 5.41 Å². The summed E-state index contributed by atoms with van der Waals surface area (Å²) in [5.41, 5.74) is 6.05. The number of thioether (sulfide) groups is 1. The van der Waals surface area contributed by atoms with E-state index in [-0.39, 0.29) is 11.7 Å². The predicted molar refractivity (Wildman–Crippen MR) is 80.1 cm³/mol. The van der Waals surface area contributed by atoms with Crippen molar-refractivity contribution in [2.24, 2.45) is 5.73 Å². The van der Waals surface area contributed by atoms with Gasteiger partial charge in [-0.2, -0.15) is 0 Å². The molecule has 3 nitrogen and oxygen atoms in total. The summed E-state index contributed by atoms with van der Waals surface area (Å²) in [4.78, 5) is 1.02. The fourth-order valence-corrected chi connectivity index (χ4v) is 2.31. The van der Waals surface area contributed by atoms with E-state index in [9.17, 15) is 4.39 Å². The molecule has 0 spiro atoms. The third-order valence-electron chi connectivity index (χ3n) is 2.60. The molecule has 0 amide bonds. The van der Waals surface area contributed by atoms with Gasteiger partial charge < -0.3 is 10.5 Å². The molecule has 0 aliphatic heterocycles. The van der Waals surface area contributed by atoms with Crippen LogP contribution in [-0.2, 0) is 0 Å². The standard InChI is InChI=1S/C15H15FN2OS/c16-12-3-7-14(8-4-12)20-10-9-19-13-5-1-11(2-6-13)15(17)18/h1-8H,9-10H2,(H3,17,18). The highest BCUT2D eigenvalue weighted by Gasteiger charge is 1.99. The Labute approximate surface area is 121 Å². The lowest BCUT2D eigenvalue weighted by Gasteiger charge is -2.07. The molecule has 0 aromatic heterocycles. The first-order chi connectivity index (χ1) is 9.65. The molecule has 2 rings (SSSR count). The Hall–Kier alpha value is -2.01. The van der Waals surface area contributed by atoms with Gasteiger partial charge in [-0.3, -0.25) is 5.41 Å².